The number of aryl methyl sites for hydroxylation is 2. The normalized spacial score (nSPS) is 9.06. The maximum absolute atomic E-state index is 10.2. The van der Waals surface area contributed by atoms with E-state index in [4.69, 9.17) is 5.11 Å². The molecule has 0 saturated heterocycles. The summed E-state index contributed by atoms with van der Waals surface area (Å²) in [7, 11) is 0. The van der Waals surface area contributed by atoms with Crippen LogP contribution in [0.3, 0.4) is 0 Å². The van der Waals surface area contributed by atoms with E-state index < -0.39 is 5.97 Å². The number of carboxylic acid groups (broad SMARTS) is 1. The molecule has 0 aliphatic rings. The molecule has 0 radical (unpaired) electrons. The second kappa shape index (κ2) is 6.48. The lowest BCUT2D eigenvalue weighted by Gasteiger charge is -1.90. The zero-order valence-electron chi connectivity index (χ0n) is 10.1. The smallest absolute Gasteiger partial charge is 0.335 e. The Kier molecular flexibility index (Phi) is 4.95. The highest BCUT2D eigenvalue weighted by Crippen LogP contribution is 2.00. The minimum atomic E-state index is -0.879. The van der Waals surface area contributed by atoms with Crippen LogP contribution in [0.2, 0.25) is 0 Å². The number of carboxylic acids is 1. The summed E-state index contributed by atoms with van der Waals surface area (Å²) < 4.78 is 0. The zero-order chi connectivity index (χ0) is 12.7. The molecule has 0 spiro atoms. The number of benzene rings is 2. The van der Waals surface area contributed by atoms with Gasteiger partial charge >= 0.3 is 5.97 Å². The predicted octanol–water partition coefficient (Wildman–Crippen LogP) is 3.69. The topological polar surface area (TPSA) is 37.3 Å². The average Bonchev–Trinajstić information content (AvgIpc) is 2.30. The highest BCUT2D eigenvalue weighted by atomic mass is 16.4. The summed E-state index contributed by atoms with van der Waals surface area (Å²) in [5.41, 5.74) is 3.01. The summed E-state index contributed by atoms with van der Waals surface area (Å²) >= 11 is 0. The van der Waals surface area contributed by atoms with Crippen LogP contribution in [0.15, 0.2) is 54.6 Å². The molecule has 2 nitrogen and oxygen atoms in total. The Balaban J connectivity index is 0.000000171. The van der Waals surface area contributed by atoms with Gasteiger partial charge in [0, 0.05) is 0 Å². The van der Waals surface area contributed by atoms with Gasteiger partial charge in [-0.25, -0.2) is 4.79 Å². The maximum atomic E-state index is 10.2. The van der Waals surface area contributed by atoms with Gasteiger partial charge in [0.1, 0.15) is 0 Å². The van der Waals surface area contributed by atoms with E-state index >= 15 is 0 Å². The van der Waals surface area contributed by atoms with Crippen molar-refractivity contribution in [2.24, 2.45) is 0 Å². The van der Waals surface area contributed by atoms with E-state index in [9.17, 15) is 4.79 Å². The molecule has 0 amide bonds. The van der Waals surface area contributed by atoms with E-state index in [-0.39, 0.29) is 0 Å². The second-order valence-corrected chi connectivity index (χ2v) is 3.83. The SMILES string of the molecule is Cc1cccc(C)c1.O=C(O)c1ccccc1. The van der Waals surface area contributed by atoms with Gasteiger partial charge in [-0.15, -0.1) is 0 Å². The van der Waals surface area contributed by atoms with E-state index in [0.29, 0.717) is 5.56 Å². The van der Waals surface area contributed by atoms with Crippen LogP contribution in [0.4, 0.5) is 0 Å². The summed E-state index contributed by atoms with van der Waals surface area (Å²) in [5, 5.41) is 8.38. The molecule has 0 atom stereocenters. The van der Waals surface area contributed by atoms with Gasteiger partial charge in [0.15, 0.2) is 0 Å². The number of hydrogen-bond acceptors (Lipinski definition) is 1. The van der Waals surface area contributed by atoms with Gasteiger partial charge in [-0.2, -0.15) is 0 Å². The zero-order valence-corrected chi connectivity index (χ0v) is 10.1. The van der Waals surface area contributed by atoms with Crippen molar-refractivity contribution in [2.75, 3.05) is 0 Å². The van der Waals surface area contributed by atoms with Crippen LogP contribution < -0.4 is 0 Å². The van der Waals surface area contributed by atoms with Gasteiger partial charge in [-0.3, -0.25) is 0 Å². The molecule has 0 aromatic heterocycles. The number of carbonyl (C=O) groups is 1. The van der Waals surface area contributed by atoms with Crippen LogP contribution in [0.5, 0.6) is 0 Å². The fourth-order valence-corrected chi connectivity index (χ4v) is 1.39. The van der Waals surface area contributed by atoms with Crippen LogP contribution >= 0.6 is 0 Å². The van der Waals surface area contributed by atoms with Crippen molar-refractivity contribution in [1.82, 2.24) is 0 Å². The third-order valence-corrected chi connectivity index (χ3v) is 2.19. The summed E-state index contributed by atoms with van der Waals surface area (Å²) in [6, 6.07) is 16.7. The lowest BCUT2D eigenvalue weighted by Crippen LogP contribution is -1.93. The second-order valence-electron chi connectivity index (χ2n) is 3.83. The van der Waals surface area contributed by atoms with Gasteiger partial charge in [0.25, 0.3) is 0 Å². The molecule has 1 N–H and O–H groups in total. The maximum Gasteiger partial charge on any atom is 0.335 e. The Labute approximate surface area is 102 Å². The molecule has 88 valence electrons. The summed E-state index contributed by atoms with van der Waals surface area (Å²) in [4.78, 5) is 10.2. The van der Waals surface area contributed by atoms with Crippen LogP contribution in [-0.2, 0) is 0 Å². The van der Waals surface area contributed by atoms with Gasteiger partial charge in [0.2, 0.25) is 0 Å². The molecule has 2 heteroatoms. The fourth-order valence-electron chi connectivity index (χ4n) is 1.39. The highest BCUT2D eigenvalue weighted by molar-refractivity contribution is 5.87. The highest BCUT2D eigenvalue weighted by Gasteiger charge is 1.96. The molecule has 0 unspecified atom stereocenters. The van der Waals surface area contributed by atoms with E-state index in [1.165, 1.54) is 11.1 Å². The molecule has 0 aliphatic carbocycles. The first-order valence-electron chi connectivity index (χ1n) is 5.41. The Morgan fingerprint density at radius 1 is 0.882 bits per heavy atom. The Hall–Kier alpha value is -2.09. The van der Waals surface area contributed by atoms with Crippen molar-refractivity contribution in [1.29, 1.82) is 0 Å². The van der Waals surface area contributed by atoms with E-state index in [1.807, 2.05) is 0 Å². The van der Waals surface area contributed by atoms with Crippen LogP contribution in [-0.4, -0.2) is 11.1 Å². The standard InChI is InChI=1S/C8H10.C7H6O2/c1-7-4-3-5-8(2)6-7;8-7(9)6-4-2-1-3-5-6/h3-6H,1-2H3;1-5H,(H,8,9). The third-order valence-electron chi connectivity index (χ3n) is 2.19. The Morgan fingerprint density at radius 3 is 1.71 bits per heavy atom. The van der Waals surface area contributed by atoms with E-state index in [1.54, 1.807) is 30.3 Å². The van der Waals surface area contributed by atoms with Gasteiger partial charge in [0.05, 0.1) is 5.56 Å². The molecule has 2 aromatic carbocycles. The predicted molar refractivity (Wildman–Crippen MR) is 69.3 cm³/mol. The van der Waals surface area contributed by atoms with Crippen LogP contribution in [0, 0.1) is 13.8 Å². The molecule has 2 rings (SSSR count). The van der Waals surface area contributed by atoms with Crippen molar-refractivity contribution in [2.45, 2.75) is 13.8 Å². The average molecular weight is 228 g/mol. The van der Waals surface area contributed by atoms with Gasteiger partial charge < -0.3 is 5.11 Å². The van der Waals surface area contributed by atoms with Crippen LogP contribution in [0.25, 0.3) is 0 Å². The van der Waals surface area contributed by atoms with Crippen molar-refractivity contribution >= 4 is 5.97 Å². The minimum Gasteiger partial charge on any atom is -0.478 e. The number of hydrogen-bond donors (Lipinski definition) is 1. The molecule has 0 saturated carbocycles. The van der Waals surface area contributed by atoms with E-state index in [2.05, 4.69) is 38.1 Å². The molecule has 17 heavy (non-hydrogen) atoms. The first-order valence-corrected chi connectivity index (χ1v) is 5.41. The summed E-state index contributed by atoms with van der Waals surface area (Å²) in [6.45, 7) is 4.21. The lowest BCUT2D eigenvalue weighted by molar-refractivity contribution is 0.0697. The Morgan fingerprint density at radius 2 is 1.41 bits per heavy atom. The quantitative estimate of drug-likeness (QED) is 0.808. The monoisotopic (exact) mass is 228 g/mol. The third kappa shape index (κ3) is 4.98. The Bertz CT molecular complexity index is 458. The van der Waals surface area contributed by atoms with Crippen molar-refractivity contribution in [3.8, 4) is 0 Å². The molecule has 0 aliphatic heterocycles. The number of rotatable bonds is 1. The fraction of sp³-hybridized carbons (Fsp3) is 0.133. The molecular weight excluding hydrogens is 212 g/mol. The van der Waals surface area contributed by atoms with Crippen molar-refractivity contribution in [3.63, 3.8) is 0 Å². The molecule has 0 heterocycles. The van der Waals surface area contributed by atoms with E-state index in [0.717, 1.165) is 0 Å². The van der Waals surface area contributed by atoms with Gasteiger partial charge in [-0.05, 0) is 26.0 Å². The number of aromatic carboxylic acids is 1. The van der Waals surface area contributed by atoms with Crippen LogP contribution in [0.1, 0.15) is 21.5 Å². The van der Waals surface area contributed by atoms with Gasteiger partial charge in [-0.1, -0.05) is 53.6 Å². The molecule has 2 aromatic rings. The van der Waals surface area contributed by atoms with Crippen molar-refractivity contribution < 1.29 is 9.90 Å². The molecular formula is C15H16O2. The minimum absolute atomic E-state index is 0.331. The summed E-state index contributed by atoms with van der Waals surface area (Å²) in [6.07, 6.45) is 0. The molecule has 0 fully saturated rings. The first kappa shape index (κ1) is 13.0. The molecule has 0 bridgehead atoms. The first-order chi connectivity index (χ1) is 8.09. The van der Waals surface area contributed by atoms with Crippen molar-refractivity contribution in [3.05, 3.63) is 71.3 Å². The largest absolute Gasteiger partial charge is 0.478 e. The lowest BCUT2D eigenvalue weighted by atomic mass is 10.2. The summed E-state index contributed by atoms with van der Waals surface area (Å²) in [5.74, 6) is -0.879.